The van der Waals surface area contributed by atoms with Crippen molar-refractivity contribution in [3.8, 4) is 17.3 Å². The lowest BCUT2D eigenvalue weighted by molar-refractivity contribution is 0.0948. The zero-order chi connectivity index (χ0) is 20.1. The topological polar surface area (TPSA) is 83.6 Å². The molecule has 0 aliphatic carbocycles. The van der Waals surface area contributed by atoms with Crippen LogP contribution in [-0.2, 0) is 6.54 Å². The maximum absolute atomic E-state index is 13.0. The Morgan fingerprint density at radius 1 is 1.03 bits per heavy atom. The second-order valence-electron chi connectivity index (χ2n) is 6.41. The number of nitrogens with one attached hydrogen (secondary N) is 1. The molecule has 0 radical (unpaired) electrons. The molecule has 2 aromatic carbocycles. The van der Waals surface area contributed by atoms with E-state index in [-0.39, 0.29) is 5.91 Å². The van der Waals surface area contributed by atoms with Gasteiger partial charge in [0.25, 0.3) is 5.91 Å². The average molecular weight is 379 g/mol. The molecular formula is C23H17N5O. The highest BCUT2D eigenvalue weighted by Crippen LogP contribution is 2.23. The van der Waals surface area contributed by atoms with Gasteiger partial charge in [-0.15, -0.1) is 0 Å². The van der Waals surface area contributed by atoms with Crippen molar-refractivity contribution in [3.05, 3.63) is 102 Å². The average Bonchev–Trinajstić information content (AvgIpc) is 3.23. The molecule has 0 amide bonds. The lowest BCUT2D eigenvalue weighted by Crippen LogP contribution is -2.17. The van der Waals surface area contributed by atoms with Crippen LogP contribution in [0.5, 0.6) is 0 Å². The normalized spacial score (nSPS) is 10.3. The van der Waals surface area contributed by atoms with Crippen LogP contribution in [0.15, 0.2) is 85.2 Å². The molecule has 0 atom stereocenters. The largest absolute Gasteiger partial charge is 0.366 e. The quantitative estimate of drug-likeness (QED) is 0.564. The molecule has 4 aromatic rings. The predicted octanol–water partition coefficient (Wildman–Crippen LogP) is 4.12. The summed E-state index contributed by atoms with van der Waals surface area (Å²) in [5.74, 6) is 0.342. The Kier molecular flexibility index (Phi) is 5.12. The van der Waals surface area contributed by atoms with Crippen LogP contribution >= 0.6 is 0 Å². The summed E-state index contributed by atoms with van der Waals surface area (Å²) in [7, 11) is 0. The number of rotatable bonds is 5. The van der Waals surface area contributed by atoms with E-state index in [1.807, 2.05) is 54.6 Å². The Labute approximate surface area is 168 Å². The van der Waals surface area contributed by atoms with E-state index >= 15 is 0 Å². The van der Waals surface area contributed by atoms with Gasteiger partial charge in [-0.2, -0.15) is 15.0 Å². The number of pyridine rings is 1. The van der Waals surface area contributed by atoms with E-state index < -0.39 is 0 Å². The Morgan fingerprint density at radius 2 is 1.90 bits per heavy atom. The number of carbonyl (C=O) groups is 1. The fourth-order valence-corrected chi connectivity index (χ4v) is 2.96. The van der Waals surface area contributed by atoms with Gasteiger partial charge in [0, 0.05) is 36.1 Å². The van der Waals surface area contributed by atoms with Gasteiger partial charge in [0.1, 0.15) is 5.82 Å². The Balaban J connectivity index is 1.68. The number of anilines is 1. The van der Waals surface area contributed by atoms with Crippen molar-refractivity contribution >= 4 is 11.7 Å². The summed E-state index contributed by atoms with van der Waals surface area (Å²) < 4.78 is 1.37. The van der Waals surface area contributed by atoms with Gasteiger partial charge in [-0.05, 0) is 42.0 Å². The van der Waals surface area contributed by atoms with Crippen LogP contribution in [0.4, 0.5) is 5.82 Å². The van der Waals surface area contributed by atoms with Crippen LogP contribution in [0.1, 0.15) is 21.5 Å². The number of benzene rings is 2. The second-order valence-corrected chi connectivity index (χ2v) is 6.41. The number of hydrogen-bond acceptors (Lipinski definition) is 5. The third-order valence-electron chi connectivity index (χ3n) is 4.41. The van der Waals surface area contributed by atoms with Gasteiger partial charge in [-0.1, -0.05) is 30.3 Å². The summed E-state index contributed by atoms with van der Waals surface area (Å²) in [6.45, 7) is 0.454. The fourth-order valence-electron chi connectivity index (χ4n) is 2.96. The molecule has 0 saturated carbocycles. The van der Waals surface area contributed by atoms with Crippen molar-refractivity contribution in [2.24, 2.45) is 0 Å². The first kappa shape index (κ1) is 18.1. The summed E-state index contributed by atoms with van der Waals surface area (Å²) in [6, 6.07) is 24.0. The van der Waals surface area contributed by atoms with Crippen molar-refractivity contribution in [2.45, 2.75) is 6.54 Å². The highest BCUT2D eigenvalue weighted by atomic mass is 16.2. The lowest BCUT2D eigenvalue weighted by atomic mass is 10.1. The molecule has 0 bridgehead atoms. The number of nitrogens with zero attached hydrogens (tertiary/aromatic N) is 4. The zero-order valence-electron chi connectivity index (χ0n) is 15.5. The first-order valence-corrected chi connectivity index (χ1v) is 9.08. The lowest BCUT2D eigenvalue weighted by Gasteiger charge is -2.09. The third-order valence-corrected chi connectivity index (χ3v) is 4.41. The number of aromatic nitrogens is 3. The maximum Gasteiger partial charge on any atom is 0.280 e. The van der Waals surface area contributed by atoms with E-state index in [0.29, 0.717) is 29.2 Å². The smallest absolute Gasteiger partial charge is 0.280 e. The minimum absolute atomic E-state index is 0.228. The van der Waals surface area contributed by atoms with Crippen LogP contribution in [0.25, 0.3) is 11.3 Å². The van der Waals surface area contributed by atoms with E-state index in [1.54, 1.807) is 30.6 Å². The number of hydrogen-bond donors (Lipinski definition) is 1. The molecule has 0 fully saturated rings. The Hall–Kier alpha value is -4.24. The highest BCUT2D eigenvalue weighted by molar-refractivity contribution is 5.97. The van der Waals surface area contributed by atoms with E-state index in [4.69, 9.17) is 5.26 Å². The van der Waals surface area contributed by atoms with E-state index in [9.17, 15) is 4.79 Å². The molecule has 29 heavy (non-hydrogen) atoms. The maximum atomic E-state index is 13.0. The van der Waals surface area contributed by atoms with Crippen LogP contribution in [0, 0.1) is 11.3 Å². The van der Waals surface area contributed by atoms with Gasteiger partial charge < -0.3 is 5.32 Å². The molecule has 1 N–H and O–H groups in total. The number of carbonyl (C=O) groups excluding carboxylic acids is 1. The number of nitriles is 1. The highest BCUT2D eigenvalue weighted by Gasteiger charge is 2.17. The molecule has 6 nitrogen and oxygen atoms in total. The van der Waals surface area contributed by atoms with Crippen molar-refractivity contribution in [1.82, 2.24) is 14.8 Å². The molecule has 0 saturated heterocycles. The van der Waals surface area contributed by atoms with Gasteiger partial charge >= 0.3 is 0 Å². The first-order chi connectivity index (χ1) is 14.2. The van der Waals surface area contributed by atoms with Crippen molar-refractivity contribution in [1.29, 1.82) is 5.26 Å². The first-order valence-electron chi connectivity index (χ1n) is 9.08. The summed E-state index contributed by atoms with van der Waals surface area (Å²) in [6.07, 6.45) is 3.40. The molecule has 0 aliphatic heterocycles. The van der Waals surface area contributed by atoms with Crippen molar-refractivity contribution in [2.75, 3.05) is 5.32 Å². The van der Waals surface area contributed by atoms with Gasteiger partial charge in [-0.3, -0.25) is 9.78 Å². The summed E-state index contributed by atoms with van der Waals surface area (Å²) in [5, 5.41) is 16.9. The van der Waals surface area contributed by atoms with E-state index in [1.165, 1.54) is 4.68 Å². The molecule has 2 aromatic heterocycles. The molecule has 6 heteroatoms. The van der Waals surface area contributed by atoms with Crippen molar-refractivity contribution < 1.29 is 4.79 Å². The molecule has 0 aliphatic rings. The predicted molar refractivity (Wildman–Crippen MR) is 110 cm³/mol. The monoisotopic (exact) mass is 379 g/mol. The summed E-state index contributed by atoms with van der Waals surface area (Å²) >= 11 is 0. The fraction of sp³-hybridized carbons (Fsp3) is 0.0435. The van der Waals surface area contributed by atoms with Crippen LogP contribution in [0.3, 0.4) is 0 Å². The third kappa shape index (κ3) is 4.04. The van der Waals surface area contributed by atoms with Gasteiger partial charge in [0.2, 0.25) is 0 Å². The minimum Gasteiger partial charge on any atom is -0.366 e. The summed E-state index contributed by atoms with van der Waals surface area (Å²) in [5.41, 5.74) is 3.54. The van der Waals surface area contributed by atoms with Gasteiger partial charge in [0.05, 0.1) is 17.3 Å². The second kappa shape index (κ2) is 8.19. The minimum atomic E-state index is -0.228. The van der Waals surface area contributed by atoms with Gasteiger partial charge in [0.15, 0.2) is 0 Å². The molecule has 2 heterocycles. The van der Waals surface area contributed by atoms with Gasteiger partial charge in [-0.25, -0.2) is 0 Å². The van der Waals surface area contributed by atoms with Crippen molar-refractivity contribution in [3.63, 3.8) is 0 Å². The van der Waals surface area contributed by atoms with Crippen LogP contribution in [-0.4, -0.2) is 20.7 Å². The van der Waals surface area contributed by atoms with Crippen LogP contribution in [0.2, 0.25) is 0 Å². The Morgan fingerprint density at radius 3 is 2.66 bits per heavy atom. The SMILES string of the molecule is N#Cc1cccc(CNc2cc(-c3cccnc3)nn2C(=O)c2ccccc2)c1. The standard InChI is InChI=1S/C23H17N5O/c24-14-17-6-4-7-18(12-17)15-26-22-13-21(20-10-5-11-25-16-20)27-28(22)23(29)19-8-2-1-3-9-19/h1-13,16,26H,15H2. The molecule has 140 valence electrons. The zero-order valence-corrected chi connectivity index (χ0v) is 15.5. The van der Waals surface area contributed by atoms with E-state index in [2.05, 4.69) is 21.5 Å². The molecule has 4 rings (SSSR count). The van der Waals surface area contributed by atoms with Crippen LogP contribution < -0.4 is 5.32 Å². The molecule has 0 unspecified atom stereocenters. The molecule has 0 spiro atoms. The Bertz CT molecular complexity index is 1180. The van der Waals surface area contributed by atoms with E-state index in [0.717, 1.165) is 11.1 Å². The molecular weight excluding hydrogens is 362 g/mol. The summed E-state index contributed by atoms with van der Waals surface area (Å²) in [4.78, 5) is 17.2.